The Hall–Kier alpha value is -2.43. The number of halogens is 1. The van der Waals surface area contributed by atoms with Gasteiger partial charge in [0.05, 0.1) is 14.2 Å². The number of ether oxygens (including phenoxy) is 2. The zero-order valence-corrected chi connectivity index (χ0v) is 13.6. The van der Waals surface area contributed by atoms with E-state index in [1.54, 1.807) is 6.07 Å². The summed E-state index contributed by atoms with van der Waals surface area (Å²) in [6.07, 6.45) is 2.77. The fraction of sp³-hybridized carbons (Fsp3) is 0.333. The number of hydrogen-bond acceptors (Lipinski definition) is 4. The Morgan fingerprint density at radius 3 is 2.57 bits per heavy atom. The molecule has 122 valence electrons. The molecule has 0 saturated heterocycles. The van der Waals surface area contributed by atoms with E-state index in [-0.39, 0.29) is 5.70 Å². The first-order valence-electron chi connectivity index (χ1n) is 7.35. The molecular weight excluding hydrogens is 297 g/mol. The van der Waals surface area contributed by atoms with Crippen molar-refractivity contribution in [2.75, 3.05) is 14.2 Å². The number of allylic oxidation sites excluding steroid dienone is 3. The number of carbonyl (C=O) groups is 1. The van der Waals surface area contributed by atoms with Crippen LogP contribution in [0.25, 0.3) is 5.57 Å². The fourth-order valence-electron chi connectivity index (χ4n) is 2.88. The quantitative estimate of drug-likeness (QED) is 0.470. The van der Waals surface area contributed by atoms with Crippen molar-refractivity contribution in [3.05, 3.63) is 46.4 Å². The molecule has 0 amide bonds. The molecule has 0 atom stereocenters. The second-order valence-electron chi connectivity index (χ2n) is 5.33. The number of carbonyl (C=O) groups excluding carboxylic acids is 1. The minimum atomic E-state index is -0.575. The summed E-state index contributed by atoms with van der Waals surface area (Å²) in [6, 6.07) is 4.22. The third kappa shape index (κ3) is 3.33. The maximum Gasteiger partial charge on any atom is 0.357 e. The summed E-state index contributed by atoms with van der Waals surface area (Å²) >= 11 is 0. The Morgan fingerprint density at radius 2 is 2.04 bits per heavy atom. The molecule has 0 unspecified atom stereocenters. The zero-order valence-electron chi connectivity index (χ0n) is 13.6. The lowest BCUT2D eigenvalue weighted by molar-refractivity contribution is -0.136. The maximum absolute atomic E-state index is 13.5. The third-order valence-electron chi connectivity index (χ3n) is 4.00. The monoisotopic (exact) mass is 317 g/mol. The highest BCUT2D eigenvalue weighted by atomic mass is 19.1. The standard InChI is InChI=1S/C18H20FNO3/c1-11-6-5-7-13(11)16(17(20-2)18(21)23-4)14-9-8-12(19)10-15(14)22-3/h8-10H,2,5-7H2,1,3-4H3/b17-16+. The number of nitrogens with zero attached hydrogens (tertiary/aromatic N) is 1. The average molecular weight is 317 g/mol. The summed E-state index contributed by atoms with van der Waals surface area (Å²) in [5.74, 6) is -0.640. The molecule has 0 bridgehead atoms. The lowest BCUT2D eigenvalue weighted by Gasteiger charge is -2.17. The lowest BCUT2D eigenvalue weighted by atomic mass is 9.92. The SMILES string of the molecule is C=N/C(C(=O)OC)=C(\C1=C(C)CCC1)c1ccc(F)cc1OC. The molecule has 0 heterocycles. The van der Waals surface area contributed by atoms with Gasteiger partial charge >= 0.3 is 5.97 Å². The number of aliphatic imine (C=N–C) groups is 1. The minimum absolute atomic E-state index is 0.119. The van der Waals surface area contributed by atoms with Gasteiger partial charge in [0.15, 0.2) is 5.70 Å². The van der Waals surface area contributed by atoms with Crippen LogP contribution in [0.3, 0.4) is 0 Å². The van der Waals surface area contributed by atoms with Gasteiger partial charge in [-0.25, -0.2) is 9.18 Å². The Kier molecular flexibility index (Phi) is 5.32. The Balaban J connectivity index is 2.78. The summed E-state index contributed by atoms with van der Waals surface area (Å²) in [6.45, 7) is 5.52. The first kappa shape index (κ1) is 16.9. The summed E-state index contributed by atoms with van der Waals surface area (Å²) in [7, 11) is 2.76. The van der Waals surface area contributed by atoms with Gasteiger partial charge in [-0.15, -0.1) is 0 Å². The summed E-state index contributed by atoms with van der Waals surface area (Å²) in [5, 5.41) is 0. The van der Waals surface area contributed by atoms with E-state index in [0.29, 0.717) is 16.9 Å². The summed E-state index contributed by atoms with van der Waals surface area (Å²) in [5.41, 5.74) is 3.53. The Bertz CT molecular complexity index is 704. The van der Waals surface area contributed by atoms with Crippen LogP contribution in [0, 0.1) is 5.82 Å². The van der Waals surface area contributed by atoms with Crippen LogP contribution >= 0.6 is 0 Å². The fourth-order valence-corrected chi connectivity index (χ4v) is 2.88. The van der Waals surface area contributed by atoms with Crippen molar-refractivity contribution in [1.82, 2.24) is 0 Å². The molecule has 1 aromatic rings. The molecule has 1 aliphatic rings. The van der Waals surface area contributed by atoms with E-state index in [4.69, 9.17) is 9.47 Å². The molecule has 5 heteroatoms. The van der Waals surface area contributed by atoms with Crippen molar-refractivity contribution in [3.63, 3.8) is 0 Å². The van der Waals surface area contributed by atoms with E-state index < -0.39 is 11.8 Å². The molecule has 1 aliphatic carbocycles. The van der Waals surface area contributed by atoms with Gasteiger partial charge in [0.2, 0.25) is 0 Å². The van der Waals surface area contributed by atoms with E-state index in [2.05, 4.69) is 11.7 Å². The van der Waals surface area contributed by atoms with Crippen LogP contribution in [0.2, 0.25) is 0 Å². The van der Waals surface area contributed by atoms with Gasteiger partial charge in [-0.3, -0.25) is 4.99 Å². The van der Waals surface area contributed by atoms with Gasteiger partial charge in [0.1, 0.15) is 11.6 Å². The van der Waals surface area contributed by atoms with Crippen LogP contribution in [0.4, 0.5) is 4.39 Å². The Labute approximate surface area is 135 Å². The normalized spacial score (nSPS) is 15.3. The molecule has 0 spiro atoms. The van der Waals surface area contributed by atoms with Crippen molar-refractivity contribution >= 4 is 18.3 Å². The lowest BCUT2D eigenvalue weighted by Crippen LogP contribution is -2.08. The molecule has 2 rings (SSSR count). The smallest absolute Gasteiger partial charge is 0.357 e. The first-order valence-corrected chi connectivity index (χ1v) is 7.35. The van der Waals surface area contributed by atoms with E-state index in [0.717, 1.165) is 24.8 Å². The van der Waals surface area contributed by atoms with Gasteiger partial charge < -0.3 is 9.47 Å². The minimum Gasteiger partial charge on any atom is -0.496 e. The van der Waals surface area contributed by atoms with Gasteiger partial charge in [0.25, 0.3) is 0 Å². The van der Waals surface area contributed by atoms with Gasteiger partial charge in [-0.2, -0.15) is 0 Å². The van der Waals surface area contributed by atoms with Crippen molar-refractivity contribution in [3.8, 4) is 5.75 Å². The third-order valence-corrected chi connectivity index (χ3v) is 4.00. The summed E-state index contributed by atoms with van der Waals surface area (Å²) < 4.78 is 23.7. The predicted molar refractivity (Wildman–Crippen MR) is 88.0 cm³/mol. The van der Waals surface area contributed by atoms with Crippen LogP contribution in [-0.2, 0) is 9.53 Å². The molecule has 0 radical (unpaired) electrons. The highest BCUT2D eigenvalue weighted by Crippen LogP contribution is 2.41. The highest BCUT2D eigenvalue weighted by molar-refractivity contribution is 6.03. The molecule has 0 aromatic heterocycles. The van der Waals surface area contributed by atoms with Crippen LogP contribution in [0.5, 0.6) is 5.75 Å². The van der Waals surface area contributed by atoms with Crippen LogP contribution < -0.4 is 4.74 Å². The molecule has 1 aromatic carbocycles. The topological polar surface area (TPSA) is 47.9 Å². The number of rotatable bonds is 5. The van der Waals surface area contributed by atoms with Crippen molar-refractivity contribution in [1.29, 1.82) is 0 Å². The highest BCUT2D eigenvalue weighted by Gasteiger charge is 2.26. The van der Waals surface area contributed by atoms with E-state index in [1.807, 2.05) is 6.92 Å². The molecule has 0 fully saturated rings. The largest absolute Gasteiger partial charge is 0.496 e. The van der Waals surface area contributed by atoms with Crippen molar-refractivity contribution in [2.45, 2.75) is 26.2 Å². The number of benzene rings is 1. The van der Waals surface area contributed by atoms with Gasteiger partial charge in [0, 0.05) is 17.2 Å². The van der Waals surface area contributed by atoms with E-state index in [9.17, 15) is 9.18 Å². The second-order valence-corrected chi connectivity index (χ2v) is 5.33. The van der Waals surface area contributed by atoms with Crippen molar-refractivity contribution < 1.29 is 18.7 Å². The zero-order chi connectivity index (χ0) is 17.0. The van der Waals surface area contributed by atoms with E-state index in [1.165, 1.54) is 31.9 Å². The van der Waals surface area contributed by atoms with Crippen LogP contribution in [0.1, 0.15) is 31.7 Å². The van der Waals surface area contributed by atoms with Crippen LogP contribution in [-0.4, -0.2) is 26.9 Å². The first-order chi connectivity index (χ1) is 11.0. The molecular formula is C18H20FNO3. The number of methoxy groups -OCH3 is 2. The molecule has 0 N–H and O–H groups in total. The average Bonchev–Trinajstić information content (AvgIpc) is 2.97. The number of esters is 1. The summed E-state index contributed by atoms with van der Waals surface area (Å²) in [4.78, 5) is 16.0. The van der Waals surface area contributed by atoms with Crippen LogP contribution in [0.15, 0.2) is 40.0 Å². The van der Waals surface area contributed by atoms with E-state index >= 15 is 0 Å². The predicted octanol–water partition coefficient (Wildman–Crippen LogP) is 3.92. The molecule has 0 saturated carbocycles. The Morgan fingerprint density at radius 1 is 1.30 bits per heavy atom. The van der Waals surface area contributed by atoms with Crippen molar-refractivity contribution in [2.24, 2.45) is 4.99 Å². The molecule has 23 heavy (non-hydrogen) atoms. The maximum atomic E-state index is 13.5. The van der Waals surface area contributed by atoms with Gasteiger partial charge in [-0.05, 0) is 50.6 Å². The second kappa shape index (κ2) is 7.22. The molecule has 4 nitrogen and oxygen atoms in total. The molecule has 0 aliphatic heterocycles. The van der Waals surface area contributed by atoms with Gasteiger partial charge in [-0.1, -0.05) is 5.57 Å². The number of hydrogen-bond donors (Lipinski definition) is 0.